The number of pyridine rings is 1. The van der Waals surface area contributed by atoms with E-state index in [2.05, 4.69) is 19.6 Å². The molecule has 11 heteroatoms. The number of fused-ring (bicyclic) bond motifs is 4. The summed E-state index contributed by atoms with van der Waals surface area (Å²) in [5.41, 5.74) is 1.50. The Morgan fingerprint density at radius 3 is 2.63 bits per heavy atom. The van der Waals surface area contributed by atoms with Crippen LogP contribution < -0.4 is 15.6 Å². The van der Waals surface area contributed by atoms with Gasteiger partial charge in [-0.05, 0) is 49.6 Å². The summed E-state index contributed by atoms with van der Waals surface area (Å²) in [6, 6.07) is 5.81. The van der Waals surface area contributed by atoms with Crippen molar-refractivity contribution >= 4 is 22.8 Å². The van der Waals surface area contributed by atoms with Crippen LogP contribution in [-0.4, -0.2) is 45.9 Å². The fourth-order valence-corrected chi connectivity index (χ4v) is 4.56. The van der Waals surface area contributed by atoms with Gasteiger partial charge >= 0.3 is 18.1 Å². The van der Waals surface area contributed by atoms with Gasteiger partial charge in [0.1, 0.15) is 0 Å². The fourth-order valence-electron chi connectivity index (χ4n) is 4.56. The topological polar surface area (TPSA) is 113 Å². The van der Waals surface area contributed by atoms with E-state index in [9.17, 15) is 32.7 Å². The molecule has 0 bridgehead atoms. The molecule has 0 fully saturated rings. The van der Waals surface area contributed by atoms with E-state index in [-0.39, 0.29) is 17.7 Å². The van der Waals surface area contributed by atoms with Crippen LogP contribution in [0.15, 0.2) is 23.0 Å². The molecule has 8 nitrogen and oxygen atoms in total. The van der Waals surface area contributed by atoms with Gasteiger partial charge < -0.3 is 24.7 Å². The Morgan fingerprint density at radius 1 is 1.23 bits per heavy atom. The number of aromatic amines is 1. The van der Waals surface area contributed by atoms with E-state index < -0.39 is 35.0 Å². The van der Waals surface area contributed by atoms with Crippen LogP contribution in [-0.2, 0) is 31.1 Å². The van der Waals surface area contributed by atoms with Gasteiger partial charge in [0.25, 0.3) is 5.56 Å². The quantitative estimate of drug-likeness (QED) is 0.360. The number of carboxylic acid groups (broad SMARTS) is 1. The average molecular weight is 491 g/mol. The molecule has 35 heavy (non-hydrogen) atoms. The molecule has 0 radical (unpaired) electrons. The van der Waals surface area contributed by atoms with Gasteiger partial charge in [-0.2, -0.15) is 13.2 Å². The van der Waals surface area contributed by atoms with E-state index in [4.69, 9.17) is 0 Å². The Labute approximate surface area is 197 Å². The van der Waals surface area contributed by atoms with Crippen molar-refractivity contribution in [2.75, 3.05) is 13.1 Å². The number of carbonyl (C=O) groups excluding carboxylic acids is 1. The minimum absolute atomic E-state index is 0.0565. The summed E-state index contributed by atoms with van der Waals surface area (Å²) in [6.07, 6.45) is -3.46. The molecule has 3 aromatic rings. The molecular formula is C24H24F3N3O5. The van der Waals surface area contributed by atoms with E-state index >= 15 is 0 Å². The first-order chi connectivity index (χ1) is 16.5. The monoisotopic (exact) mass is 491 g/mol. The van der Waals surface area contributed by atoms with Crippen molar-refractivity contribution in [1.29, 1.82) is 0 Å². The summed E-state index contributed by atoms with van der Waals surface area (Å²) >= 11 is 0. The molecule has 0 aliphatic heterocycles. The summed E-state index contributed by atoms with van der Waals surface area (Å²) < 4.78 is 45.4. The Balaban J connectivity index is 1.91. The molecule has 1 aromatic carbocycles. The van der Waals surface area contributed by atoms with Gasteiger partial charge in [-0.3, -0.25) is 4.79 Å². The second-order valence-electron chi connectivity index (χ2n) is 8.42. The summed E-state index contributed by atoms with van der Waals surface area (Å²) in [7, 11) is 1.95. The summed E-state index contributed by atoms with van der Waals surface area (Å²) in [5, 5.41) is 13.6. The number of carbonyl (C=O) groups is 2. The van der Waals surface area contributed by atoms with Crippen molar-refractivity contribution in [2.45, 2.75) is 38.8 Å². The molecule has 0 saturated carbocycles. The summed E-state index contributed by atoms with van der Waals surface area (Å²) in [5.74, 6) is -5.22. The molecule has 0 atom stereocenters. The lowest BCUT2D eigenvalue weighted by molar-refractivity contribution is -0.189. The largest absolute Gasteiger partial charge is 0.491 e. The first-order valence-corrected chi connectivity index (χ1v) is 11.2. The molecule has 4 rings (SSSR count). The second-order valence-corrected chi connectivity index (χ2v) is 8.42. The van der Waals surface area contributed by atoms with E-state index in [0.717, 1.165) is 41.7 Å². The highest BCUT2D eigenvalue weighted by atomic mass is 19.4. The number of esters is 1. The zero-order chi connectivity index (χ0) is 25.5. The van der Waals surface area contributed by atoms with Crippen molar-refractivity contribution in [1.82, 2.24) is 14.9 Å². The highest BCUT2D eigenvalue weighted by Crippen LogP contribution is 2.39. The lowest BCUT2D eigenvalue weighted by atomic mass is 9.98. The highest BCUT2D eigenvalue weighted by molar-refractivity contribution is 5.95. The van der Waals surface area contributed by atoms with Gasteiger partial charge in [0.15, 0.2) is 11.3 Å². The Hall–Kier alpha value is -3.60. The average Bonchev–Trinajstić information content (AvgIpc) is 2.96. The third-order valence-electron chi connectivity index (χ3n) is 6.23. The first-order valence-electron chi connectivity index (χ1n) is 11.2. The van der Waals surface area contributed by atoms with E-state index in [1.54, 1.807) is 0 Å². The third kappa shape index (κ3) is 4.55. The molecular weight excluding hydrogens is 467 g/mol. The number of carboxylic acids is 1. The van der Waals surface area contributed by atoms with Crippen molar-refractivity contribution < 1.29 is 32.6 Å². The molecule has 186 valence electrons. The van der Waals surface area contributed by atoms with E-state index in [1.807, 2.05) is 32.2 Å². The summed E-state index contributed by atoms with van der Waals surface area (Å²) in [4.78, 5) is 38.5. The maximum Gasteiger partial charge on any atom is 0.491 e. The lowest BCUT2D eigenvalue weighted by Crippen LogP contribution is -2.31. The molecule has 0 spiro atoms. The maximum absolute atomic E-state index is 12.9. The number of nitrogens with zero attached hydrogens (tertiary/aromatic N) is 1. The minimum atomic E-state index is -5.35. The molecule has 2 aromatic heterocycles. The van der Waals surface area contributed by atoms with Crippen LogP contribution in [0.2, 0.25) is 0 Å². The predicted octanol–water partition coefficient (Wildman–Crippen LogP) is 3.34. The number of aromatic carboxylic acids is 1. The number of aromatic nitrogens is 2. The zero-order valence-corrected chi connectivity index (χ0v) is 19.1. The standard InChI is InChI=1S/C24H24F3N3O5/c1-3-28-8-7-14-9-13-10-16-12(11-17(13)30(14)2)5-4-6-15-19(16)29-21(31)18(22(32)33)20(15)35-23(34)24(25,26)27/h9-11,28H,3-8H2,1-2H3,(H,29,31)(H,32,33). The molecule has 2 heterocycles. The maximum atomic E-state index is 12.9. The van der Waals surface area contributed by atoms with Gasteiger partial charge in [0, 0.05) is 47.7 Å². The number of likely N-dealkylation sites (N-methyl/N-ethyl adjacent to an activating group) is 1. The van der Waals surface area contributed by atoms with Crippen LogP contribution in [0, 0.1) is 0 Å². The van der Waals surface area contributed by atoms with Crippen LogP contribution in [0.3, 0.4) is 0 Å². The van der Waals surface area contributed by atoms with Crippen molar-refractivity contribution in [2.24, 2.45) is 7.05 Å². The minimum Gasteiger partial charge on any atom is -0.477 e. The van der Waals surface area contributed by atoms with Crippen LogP contribution in [0.1, 0.15) is 40.5 Å². The number of alkyl halides is 3. The van der Waals surface area contributed by atoms with Crippen molar-refractivity contribution in [3.05, 3.63) is 50.9 Å². The number of hydrogen-bond acceptors (Lipinski definition) is 5. The molecule has 1 aliphatic carbocycles. The number of benzene rings is 1. The third-order valence-corrected chi connectivity index (χ3v) is 6.23. The van der Waals surface area contributed by atoms with Crippen LogP contribution >= 0.6 is 0 Å². The number of halogens is 3. The number of nitrogens with one attached hydrogen (secondary N) is 2. The smallest absolute Gasteiger partial charge is 0.477 e. The number of H-pyrrole nitrogens is 1. The predicted molar refractivity (Wildman–Crippen MR) is 122 cm³/mol. The highest BCUT2D eigenvalue weighted by Gasteiger charge is 2.43. The summed E-state index contributed by atoms with van der Waals surface area (Å²) in [6.45, 7) is 3.66. The molecule has 0 saturated heterocycles. The lowest BCUT2D eigenvalue weighted by Gasteiger charge is -2.16. The fraction of sp³-hybridized carbons (Fsp3) is 0.375. The van der Waals surface area contributed by atoms with Gasteiger partial charge in [-0.1, -0.05) is 6.92 Å². The number of hydrogen-bond donors (Lipinski definition) is 3. The molecule has 3 N–H and O–H groups in total. The van der Waals surface area contributed by atoms with Crippen molar-refractivity contribution in [3.8, 4) is 17.0 Å². The Kier molecular flexibility index (Phi) is 6.46. The number of ether oxygens (including phenoxy) is 1. The van der Waals surface area contributed by atoms with Crippen LogP contribution in [0.4, 0.5) is 13.2 Å². The molecule has 0 unspecified atom stereocenters. The normalized spacial score (nSPS) is 13.3. The van der Waals surface area contributed by atoms with Crippen LogP contribution in [0.25, 0.3) is 22.2 Å². The molecule has 1 aliphatic rings. The first kappa shape index (κ1) is 24.5. The van der Waals surface area contributed by atoms with Crippen molar-refractivity contribution in [3.63, 3.8) is 0 Å². The number of aryl methyl sites for hydroxylation is 2. The zero-order valence-electron chi connectivity index (χ0n) is 19.1. The van der Waals surface area contributed by atoms with E-state index in [0.29, 0.717) is 18.4 Å². The SMILES string of the molecule is CCNCCc1cc2cc3c(cc2n1C)CCCc1c-3[nH]c(=O)c(C(=O)O)c1OC(=O)C(F)(F)F. The van der Waals surface area contributed by atoms with Gasteiger partial charge in [0.05, 0.1) is 5.69 Å². The Bertz CT molecular complexity index is 1390. The van der Waals surface area contributed by atoms with Gasteiger partial charge in [0.2, 0.25) is 0 Å². The second kappa shape index (κ2) is 9.21. The van der Waals surface area contributed by atoms with Gasteiger partial charge in [-0.15, -0.1) is 0 Å². The van der Waals surface area contributed by atoms with E-state index in [1.165, 1.54) is 0 Å². The molecule has 0 amide bonds. The van der Waals surface area contributed by atoms with Crippen LogP contribution in [0.5, 0.6) is 5.75 Å². The van der Waals surface area contributed by atoms with Gasteiger partial charge in [-0.25, -0.2) is 9.59 Å². The Morgan fingerprint density at radius 2 is 1.97 bits per heavy atom. The number of rotatable bonds is 6.